The Bertz CT molecular complexity index is 308. The minimum absolute atomic E-state index is 0.311. The summed E-state index contributed by atoms with van der Waals surface area (Å²) in [7, 11) is 0. The average Bonchev–Trinajstić information content (AvgIpc) is 2.30. The van der Waals surface area contributed by atoms with Gasteiger partial charge in [-0.05, 0) is 12.0 Å². The van der Waals surface area contributed by atoms with Crippen LogP contribution in [-0.2, 0) is 16.0 Å². The third kappa shape index (κ3) is 4.45. The van der Waals surface area contributed by atoms with Crippen molar-refractivity contribution in [1.29, 1.82) is 0 Å². The van der Waals surface area contributed by atoms with E-state index in [9.17, 15) is 9.90 Å². The fraction of sp³-hybridized carbons (Fsp3) is 0.462. The number of carbonyl (C=O) groups is 1. The highest BCUT2D eigenvalue weighted by Crippen LogP contribution is 2.04. The fourth-order valence-electron chi connectivity index (χ4n) is 1.33. The summed E-state index contributed by atoms with van der Waals surface area (Å²) in [6.07, 6.45) is 1.07. The lowest BCUT2D eigenvalue weighted by molar-refractivity contribution is -0.153. The van der Waals surface area contributed by atoms with Crippen molar-refractivity contribution in [2.24, 2.45) is 0 Å². The van der Waals surface area contributed by atoms with Gasteiger partial charge in [0.15, 0.2) is 6.10 Å². The molecule has 0 radical (unpaired) electrons. The van der Waals surface area contributed by atoms with Gasteiger partial charge in [0.2, 0.25) is 0 Å². The molecule has 0 heterocycles. The summed E-state index contributed by atoms with van der Waals surface area (Å²) in [5.41, 5.74) is 0.933. The first-order valence-corrected chi connectivity index (χ1v) is 5.62. The second-order valence-electron chi connectivity index (χ2n) is 3.73. The number of benzene rings is 1. The van der Waals surface area contributed by atoms with Gasteiger partial charge in [-0.2, -0.15) is 0 Å². The van der Waals surface area contributed by atoms with Gasteiger partial charge >= 0.3 is 5.97 Å². The van der Waals surface area contributed by atoms with Crippen molar-refractivity contribution in [3.8, 4) is 0 Å². The smallest absolute Gasteiger partial charge is 0.335 e. The van der Waals surface area contributed by atoms with Crippen molar-refractivity contribution >= 4 is 5.97 Å². The molecule has 0 aliphatic rings. The molecule has 1 atom stereocenters. The highest BCUT2D eigenvalue weighted by molar-refractivity contribution is 5.74. The van der Waals surface area contributed by atoms with E-state index in [2.05, 4.69) is 0 Å². The van der Waals surface area contributed by atoms with E-state index in [4.69, 9.17) is 4.74 Å². The predicted molar refractivity (Wildman–Crippen MR) is 62.0 cm³/mol. The zero-order valence-corrected chi connectivity index (χ0v) is 9.56. The van der Waals surface area contributed by atoms with Gasteiger partial charge in [0.05, 0.1) is 6.61 Å². The summed E-state index contributed by atoms with van der Waals surface area (Å²) in [6.45, 7) is 2.41. The maximum atomic E-state index is 11.3. The molecule has 1 rings (SSSR count). The second kappa shape index (κ2) is 7.01. The van der Waals surface area contributed by atoms with Crippen LogP contribution in [0.4, 0.5) is 0 Å². The number of hydrogen-bond acceptors (Lipinski definition) is 3. The lowest BCUT2D eigenvalue weighted by Crippen LogP contribution is -2.25. The van der Waals surface area contributed by atoms with E-state index in [0.29, 0.717) is 13.0 Å². The van der Waals surface area contributed by atoms with Crippen LogP contribution < -0.4 is 0 Å². The highest BCUT2D eigenvalue weighted by Gasteiger charge is 2.16. The molecule has 0 aliphatic heterocycles. The monoisotopic (exact) mass is 222 g/mol. The molecule has 0 aliphatic carbocycles. The summed E-state index contributed by atoms with van der Waals surface area (Å²) < 4.78 is 4.93. The molecule has 3 nitrogen and oxygen atoms in total. The minimum Gasteiger partial charge on any atom is -0.464 e. The van der Waals surface area contributed by atoms with Gasteiger partial charge in [0.1, 0.15) is 0 Å². The van der Waals surface area contributed by atoms with Crippen LogP contribution in [-0.4, -0.2) is 23.8 Å². The summed E-state index contributed by atoms with van der Waals surface area (Å²) in [6, 6.07) is 9.41. The highest BCUT2D eigenvalue weighted by atomic mass is 16.5. The maximum absolute atomic E-state index is 11.3. The van der Waals surface area contributed by atoms with E-state index in [0.717, 1.165) is 18.4 Å². The molecule has 1 aromatic rings. The van der Waals surface area contributed by atoms with E-state index in [1.54, 1.807) is 0 Å². The molecular formula is C13H18O3. The zero-order chi connectivity index (χ0) is 11.8. The number of aliphatic hydroxyl groups is 1. The van der Waals surface area contributed by atoms with Crippen LogP contribution >= 0.6 is 0 Å². The van der Waals surface area contributed by atoms with Crippen LogP contribution in [0.2, 0.25) is 0 Å². The van der Waals surface area contributed by atoms with Crippen molar-refractivity contribution < 1.29 is 14.6 Å². The second-order valence-corrected chi connectivity index (χ2v) is 3.73. The lowest BCUT2D eigenvalue weighted by Gasteiger charge is -2.10. The molecule has 0 spiro atoms. The maximum Gasteiger partial charge on any atom is 0.335 e. The standard InChI is InChI=1S/C13H18O3/c1-2-3-9-16-13(15)12(14)10-11-7-5-4-6-8-11/h4-8,12,14H,2-3,9-10H2,1H3/t12-/m1/s1. The quantitative estimate of drug-likeness (QED) is 0.591. The normalized spacial score (nSPS) is 12.1. The first kappa shape index (κ1) is 12.7. The third-order valence-electron chi connectivity index (χ3n) is 2.29. The number of rotatable bonds is 6. The molecule has 0 fully saturated rings. The summed E-state index contributed by atoms with van der Waals surface area (Å²) in [4.78, 5) is 11.3. The Morgan fingerprint density at radius 3 is 2.69 bits per heavy atom. The van der Waals surface area contributed by atoms with Crippen molar-refractivity contribution in [2.75, 3.05) is 6.61 Å². The molecule has 1 N–H and O–H groups in total. The van der Waals surface area contributed by atoms with Gasteiger partial charge in [-0.25, -0.2) is 4.79 Å². The first-order chi connectivity index (χ1) is 7.74. The Balaban J connectivity index is 2.34. The molecule has 0 saturated heterocycles. The fourth-order valence-corrected chi connectivity index (χ4v) is 1.33. The van der Waals surface area contributed by atoms with Crippen LogP contribution in [0, 0.1) is 0 Å². The van der Waals surface area contributed by atoms with Gasteiger partial charge in [0, 0.05) is 6.42 Å². The number of ether oxygens (including phenoxy) is 1. The van der Waals surface area contributed by atoms with Gasteiger partial charge in [-0.3, -0.25) is 0 Å². The van der Waals surface area contributed by atoms with Crippen LogP contribution in [0.5, 0.6) is 0 Å². The van der Waals surface area contributed by atoms with E-state index in [1.807, 2.05) is 37.3 Å². The first-order valence-electron chi connectivity index (χ1n) is 5.62. The number of hydrogen-bond donors (Lipinski definition) is 1. The van der Waals surface area contributed by atoms with Gasteiger partial charge in [0.25, 0.3) is 0 Å². The SMILES string of the molecule is CCCCOC(=O)[C@H](O)Cc1ccccc1. The van der Waals surface area contributed by atoms with Crippen LogP contribution in [0.25, 0.3) is 0 Å². The van der Waals surface area contributed by atoms with E-state index in [-0.39, 0.29) is 0 Å². The van der Waals surface area contributed by atoms with E-state index >= 15 is 0 Å². The topological polar surface area (TPSA) is 46.5 Å². The molecule has 16 heavy (non-hydrogen) atoms. The van der Waals surface area contributed by atoms with Crippen molar-refractivity contribution in [3.05, 3.63) is 35.9 Å². The molecule has 0 aromatic heterocycles. The van der Waals surface area contributed by atoms with Gasteiger partial charge < -0.3 is 9.84 Å². The largest absolute Gasteiger partial charge is 0.464 e. The number of esters is 1. The predicted octanol–water partition coefficient (Wildman–Crippen LogP) is 1.93. The Hall–Kier alpha value is -1.35. The molecule has 0 unspecified atom stereocenters. The van der Waals surface area contributed by atoms with Crippen LogP contribution in [0.3, 0.4) is 0 Å². The Labute approximate surface area is 96.1 Å². The van der Waals surface area contributed by atoms with Crippen LogP contribution in [0.15, 0.2) is 30.3 Å². The summed E-state index contributed by atoms with van der Waals surface area (Å²) in [5.74, 6) is -0.530. The summed E-state index contributed by atoms with van der Waals surface area (Å²) >= 11 is 0. The third-order valence-corrected chi connectivity index (χ3v) is 2.29. The van der Waals surface area contributed by atoms with Gasteiger partial charge in [-0.15, -0.1) is 0 Å². The lowest BCUT2D eigenvalue weighted by atomic mass is 10.1. The van der Waals surface area contributed by atoms with Crippen molar-refractivity contribution in [1.82, 2.24) is 0 Å². The number of aliphatic hydroxyl groups excluding tert-OH is 1. The number of carbonyl (C=O) groups excluding carboxylic acids is 1. The Kier molecular flexibility index (Phi) is 5.57. The van der Waals surface area contributed by atoms with E-state index < -0.39 is 12.1 Å². The molecule has 3 heteroatoms. The molecule has 0 saturated carbocycles. The van der Waals surface area contributed by atoms with Crippen molar-refractivity contribution in [3.63, 3.8) is 0 Å². The summed E-state index contributed by atoms with van der Waals surface area (Å²) in [5, 5.41) is 9.60. The average molecular weight is 222 g/mol. The van der Waals surface area contributed by atoms with Crippen LogP contribution in [0.1, 0.15) is 25.3 Å². The minimum atomic E-state index is -1.06. The molecule has 0 bridgehead atoms. The Morgan fingerprint density at radius 1 is 1.38 bits per heavy atom. The molecule has 0 amide bonds. The van der Waals surface area contributed by atoms with Crippen molar-refractivity contribution in [2.45, 2.75) is 32.3 Å². The molecular weight excluding hydrogens is 204 g/mol. The van der Waals surface area contributed by atoms with Gasteiger partial charge in [-0.1, -0.05) is 43.7 Å². The Morgan fingerprint density at radius 2 is 2.06 bits per heavy atom. The molecule has 88 valence electrons. The zero-order valence-electron chi connectivity index (χ0n) is 9.56. The molecule has 1 aromatic carbocycles. The van der Waals surface area contributed by atoms with E-state index in [1.165, 1.54) is 0 Å². The number of unbranched alkanes of at least 4 members (excludes halogenated alkanes) is 1.